The average molecular weight is 617 g/mol. The minimum absolute atomic E-state index is 0.0240. The third kappa shape index (κ3) is 6.49. The Morgan fingerprint density at radius 2 is 1.91 bits per heavy atom. The maximum Gasteiger partial charge on any atom is 0.302 e. The molecule has 4 heterocycles. The normalized spacial score (nSPS) is 20.5. The minimum atomic E-state index is -3.43. The molecular weight excluding hydrogens is 586 g/mol. The smallest absolute Gasteiger partial charge is 0.302 e. The van der Waals surface area contributed by atoms with Gasteiger partial charge in [0.15, 0.2) is 18.0 Å². The second-order valence-electron chi connectivity index (χ2n) is 11.0. The summed E-state index contributed by atoms with van der Waals surface area (Å²) in [6.07, 6.45) is 2.80. The Balaban J connectivity index is 1.10. The number of anilines is 3. The first-order valence-corrected chi connectivity index (χ1v) is 14.4. The molecule has 45 heavy (non-hydrogen) atoms. The van der Waals surface area contributed by atoms with Crippen LogP contribution in [0.4, 0.5) is 26.1 Å². The Hall–Kier alpha value is -4.89. The summed E-state index contributed by atoms with van der Waals surface area (Å²) in [6.45, 7) is 4.09. The number of likely N-dealkylation sites (tertiary alicyclic amines) is 1. The van der Waals surface area contributed by atoms with Gasteiger partial charge in [-0.3, -0.25) is 9.69 Å². The van der Waals surface area contributed by atoms with E-state index in [0.29, 0.717) is 11.6 Å². The number of carbonyl (C=O) groups excluding carboxylic acids is 1. The molecule has 1 aromatic heterocycles. The van der Waals surface area contributed by atoms with Crippen LogP contribution in [0.25, 0.3) is 11.4 Å². The van der Waals surface area contributed by atoms with Gasteiger partial charge >= 0.3 is 5.92 Å². The fourth-order valence-electron chi connectivity index (χ4n) is 5.46. The molecule has 14 heteroatoms. The van der Waals surface area contributed by atoms with Crippen molar-refractivity contribution in [3.63, 3.8) is 0 Å². The van der Waals surface area contributed by atoms with Crippen LogP contribution in [0.3, 0.4) is 0 Å². The number of nitrogens with zero attached hydrogens (tertiary/aromatic N) is 7. The molecule has 2 N–H and O–H groups in total. The van der Waals surface area contributed by atoms with Gasteiger partial charge in [0.25, 0.3) is 5.91 Å². The van der Waals surface area contributed by atoms with E-state index in [4.69, 9.17) is 15.9 Å². The molecule has 0 saturated carbocycles. The molecule has 3 aromatic rings. The van der Waals surface area contributed by atoms with E-state index in [1.807, 2.05) is 36.3 Å². The maximum absolute atomic E-state index is 14.7. The topological polar surface area (TPSA) is 140 Å². The average Bonchev–Trinajstić information content (AvgIpc) is 3.33. The molecule has 0 bridgehead atoms. The van der Waals surface area contributed by atoms with Gasteiger partial charge in [-0.1, -0.05) is 5.92 Å². The molecule has 2 atom stereocenters. The van der Waals surface area contributed by atoms with Crippen LogP contribution in [-0.2, 0) is 9.53 Å². The number of aliphatic hydroxyl groups is 1. The van der Waals surface area contributed by atoms with Crippen LogP contribution in [-0.4, -0.2) is 112 Å². The van der Waals surface area contributed by atoms with Crippen molar-refractivity contribution < 1.29 is 28.2 Å². The second-order valence-corrected chi connectivity index (χ2v) is 11.0. The third-order valence-electron chi connectivity index (χ3n) is 8.10. The number of terminal acetylenes is 1. The highest BCUT2D eigenvalue weighted by molar-refractivity contribution is 5.84. The van der Waals surface area contributed by atoms with Crippen LogP contribution in [0, 0.1) is 23.7 Å². The number of nitriles is 1. The van der Waals surface area contributed by atoms with E-state index in [1.54, 1.807) is 6.07 Å². The standard InChI is InChI=1S/C31H30F2N8O4/c1-2-25(42)29(43)41-15-27(31(32,33)18-41)45-26-8-3-20(13-21(26)14-34)28-35-19-36-30(38-28)37-22-4-6-23(7-5-22)39-9-11-40(12-10-39)24-16-44-17-24/h1,3-8,13,19,24-25,27,42H,9-12,15-18H2,(H,35,36,37,38)/t25-,27?/m0/s1. The van der Waals surface area contributed by atoms with Crippen LogP contribution in [0.15, 0.2) is 48.8 Å². The highest BCUT2D eigenvalue weighted by Gasteiger charge is 2.52. The van der Waals surface area contributed by atoms with Crippen LogP contribution in [0.5, 0.6) is 5.75 Å². The van der Waals surface area contributed by atoms with Gasteiger partial charge in [0.2, 0.25) is 5.95 Å². The summed E-state index contributed by atoms with van der Waals surface area (Å²) in [5, 5.41) is 22.5. The number of benzene rings is 2. The number of halogens is 2. The maximum atomic E-state index is 14.7. The van der Waals surface area contributed by atoms with E-state index in [0.717, 1.165) is 55.7 Å². The molecule has 0 radical (unpaired) electrons. The van der Waals surface area contributed by atoms with Crippen molar-refractivity contribution >= 4 is 23.2 Å². The zero-order valence-electron chi connectivity index (χ0n) is 24.1. The molecule has 0 aliphatic carbocycles. The van der Waals surface area contributed by atoms with Crippen molar-refractivity contribution in [3.8, 4) is 35.6 Å². The lowest BCUT2D eigenvalue weighted by Gasteiger charge is -2.43. The summed E-state index contributed by atoms with van der Waals surface area (Å²) >= 11 is 0. The quantitative estimate of drug-likeness (QED) is 0.359. The Labute approximate surface area is 258 Å². The van der Waals surface area contributed by atoms with E-state index in [1.165, 1.54) is 18.5 Å². The highest BCUT2D eigenvalue weighted by Crippen LogP contribution is 2.34. The Bertz CT molecular complexity index is 1630. The summed E-state index contributed by atoms with van der Waals surface area (Å²) in [4.78, 5) is 30.6. The van der Waals surface area contributed by atoms with Gasteiger partial charge < -0.3 is 29.7 Å². The number of ether oxygens (including phenoxy) is 2. The summed E-state index contributed by atoms with van der Waals surface area (Å²) < 4.78 is 40.2. The molecule has 1 amide bonds. The first-order valence-electron chi connectivity index (χ1n) is 14.4. The largest absolute Gasteiger partial charge is 0.481 e. The molecule has 12 nitrogen and oxygen atoms in total. The SMILES string of the molecule is C#C[C@H](O)C(=O)N1CC(Oc2ccc(-c3ncnc(Nc4ccc(N5CCN(C6COC6)CC5)cc4)n3)cc2C#N)C(F)(F)C1. The van der Waals surface area contributed by atoms with Gasteiger partial charge in [-0.2, -0.15) is 10.2 Å². The molecule has 3 aliphatic rings. The van der Waals surface area contributed by atoms with Crippen LogP contribution < -0.4 is 15.0 Å². The predicted octanol–water partition coefficient (Wildman–Crippen LogP) is 1.89. The van der Waals surface area contributed by atoms with E-state index < -0.39 is 37.1 Å². The van der Waals surface area contributed by atoms with Crippen molar-refractivity contribution in [2.24, 2.45) is 0 Å². The molecule has 6 rings (SSSR count). The second kappa shape index (κ2) is 12.6. The van der Waals surface area contributed by atoms with Gasteiger partial charge in [-0.15, -0.1) is 6.42 Å². The molecule has 2 aromatic carbocycles. The number of hydrogen-bond acceptors (Lipinski definition) is 11. The lowest BCUT2D eigenvalue weighted by atomic mass is 10.1. The zero-order chi connectivity index (χ0) is 31.6. The first-order chi connectivity index (χ1) is 21.7. The molecule has 3 fully saturated rings. The number of aromatic nitrogens is 3. The van der Waals surface area contributed by atoms with E-state index in [2.05, 4.69) is 30.1 Å². The Morgan fingerprint density at radius 1 is 1.16 bits per heavy atom. The lowest BCUT2D eigenvalue weighted by Crippen LogP contribution is -2.56. The van der Waals surface area contributed by atoms with Gasteiger partial charge in [-0.25, -0.2) is 18.7 Å². The molecule has 232 valence electrons. The molecular formula is C31H30F2N8O4. The fourth-order valence-corrected chi connectivity index (χ4v) is 5.46. The molecule has 3 saturated heterocycles. The van der Waals surface area contributed by atoms with Crippen molar-refractivity contribution in [3.05, 3.63) is 54.4 Å². The number of alkyl halides is 2. The summed E-state index contributed by atoms with van der Waals surface area (Å²) in [5.74, 6) is -2.17. The Kier molecular flexibility index (Phi) is 8.45. The molecule has 3 aliphatic heterocycles. The highest BCUT2D eigenvalue weighted by atomic mass is 19.3. The summed E-state index contributed by atoms with van der Waals surface area (Å²) in [6, 6.07) is 14.8. The zero-order valence-corrected chi connectivity index (χ0v) is 24.1. The van der Waals surface area contributed by atoms with E-state index in [-0.39, 0.29) is 23.1 Å². The molecule has 0 spiro atoms. The number of rotatable bonds is 8. The fraction of sp³-hybridized carbons (Fsp3) is 0.387. The third-order valence-corrected chi connectivity index (χ3v) is 8.10. The van der Waals surface area contributed by atoms with Crippen molar-refractivity contribution in [2.75, 3.05) is 62.7 Å². The van der Waals surface area contributed by atoms with Crippen LogP contribution >= 0.6 is 0 Å². The number of aliphatic hydroxyl groups excluding tert-OH is 1. The van der Waals surface area contributed by atoms with Crippen molar-refractivity contribution in [2.45, 2.75) is 24.2 Å². The number of piperazine rings is 1. The Morgan fingerprint density at radius 3 is 2.58 bits per heavy atom. The number of carbonyl (C=O) groups is 1. The lowest BCUT2D eigenvalue weighted by molar-refractivity contribution is -0.137. The predicted molar refractivity (Wildman–Crippen MR) is 159 cm³/mol. The monoisotopic (exact) mass is 616 g/mol. The summed E-state index contributed by atoms with van der Waals surface area (Å²) in [7, 11) is 0. The number of hydrogen-bond donors (Lipinski definition) is 2. The van der Waals surface area contributed by atoms with Crippen LogP contribution in [0.2, 0.25) is 0 Å². The van der Waals surface area contributed by atoms with Crippen molar-refractivity contribution in [1.29, 1.82) is 5.26 Å². The number of nitrogens with one attached hydrogen (secondary N) is 1. The number of amides is 1. The first kappa shape index (κ1) is 30.1. The molecule has 1 unspecified atom stereocenters. The van der Waals surface area contributed by atoms with Crippen LogP contribution in [0.1, 0.15) is 5.56 Å². The van der Waals surface area contributed by atoms with Gasteiger partial charge in [0.1, 0.15) is 18.1 Å². The minimum Gasteiger partial charge on any atom is -0.481 e. The van der Waals surface area contributed by atoms with E-state index >= 15 is 0 Å². The van der Waals surface area contributed by atoms with Crippen molar-refractivity contribution in [1.82, 2.24) is 24.8 Å². The summed E-state index contributed by atoms with van der Waals surface area (Å²) in [5.41, 5.74) is 2.33. The van der Waals surface area contributed by atoms with E-state index in [9.17, 15) is 23.9 Å². The van der Waals surface area contributed by atoms with Gasteiger partial charge in [0, 0.05) is 43.1 Å². The van der Waals surface area contributed by atoms with Gasteiger partial charge in [-0.05, 0) is 42.5 Å². The van der Waals surface area contributed by atoms with Gasteiger partial charge in [0.05, 0.1) is 37.9 Å².